The first kappa shape index (κ1) is 11.5. The Morgan fingerprint density at radius 1 is 1.50 bits per heavy atom. The Morgan fingerprint density at radius 2 is 2.00 bits per heavy atom. The fraction of sp³-hybridized carbons (Fsp3) is 0.625. The van der Waals surface area contributed by atoms with E-state index in [0.29, 0.717) is 17.3 Å². The van der Waals surface area contributed by atoms with E-state index in [2.05, 4.69) is 4.99 Å². The zero-order valence-corrected chi connectivity index (χ0v) is 8.81. The van der Waals surface area contributed by atoms with Crippen molar-refractivity contribution in [1.29, 1.82) is 0 Å². The van der Waals surface area contributed by atoms with Gasteiger partial charge in [0.2, 0.25) is 0 Å². The van der Waals surface area contributed by atoms with E-state index in [1.165, 1.54) is 0 Å². The Balaban J connectivity index is 4.50. The van der Waals surface area contributed by atoms with Crippen LogP contribution in [-0.2, 0) is 0 Å². The van der Waals surface area contributed by atoms with Gasteiger partial charge in [0.15, 0.2) is 0 Å². The minimum absolute atomic E-state index is 0.561. The van der Waals surface area contributed by atoms with Gasteiger partial charge in [0.05, 0.1) is 10.7 Å². The number of nitrogens with zero attached hydrogens (tertiary/aromatic N) is 2. The number of aliphatic imine (C=N–C) groups is 1. The lowest BCUT2D eigenvalue weighted by molar-refractivity contribution is 0.470. The summed E-state index contributed by atoms with van der Waals surface area (Å²) in [5.41, 5.74) is 6.97. The average molecular weight is 190 g/mol. The smallest absolute Gasteiger partial charge is 0.0813 e. The van der Waals surface area contributed by atoms with E-state index in [9.17, 15) is 0 Å². The van der Waals surface area contributed by atoms with Crippen molar-refractivity contribution >= 4 is 17.3 Å². The molecule has 0 aromatic heterocycles. The van der Waals surface area contributed by atoms with Crippen molar-refractivity contribution in [3.05, 3.63) is 10.7 Å². The van der Waals surface area contributed by atoms with Crippen LogP contribution in [0.3, 0.4) is 0 Å². The summed E-state index contributed by atoms with van der Waals surface area (Å²) in [5, 5.41) is 0.561. The van der Waals surface area contributed by atoms with Crippen molar-refractivity contribution < 1.29 is 0 Å². The molecule has 0 aromatic rings. The van der Waals surface area contributed by atoms with Crippen LogP contribution in [0.4, 0.5) is 0 Å². The van der Waals surface area contributed by atoms with Gasteiger partial charge in [-0.1, -0.05) is 11.6 Å². The summed E-state index contributed by atoms with van der Waals surface area (Å²) in [6.45, 7) is 2.48. The molecular weight excluding hydrogens is 174 g/mol. The Bertz CT molecular complexity index is 202. The van der Waals surface area contributed by atoms with Crippen LogP contribution in [0.25, 0.3) is 0 Å². The molecule has 0 saturated heterocycles. The summed E-state index contributed by atoms with van der Waals surface area (Å²) < 4.78 is 0. The number of hydrogen-bond acceptors (Lipinski definition) is 3. The van der Waals surface area contributed by atoms with Crippen molar-refractivity contribution in [3.8, 4) is 0 Å². The van der Waals surface area contributed by atoms with E-state index in [-0.39, 0.29) is 0 Å². The van der Waals surface area contributed by atoms with Gasteiger partial charge >= 0.3 is 0 Å². The Hall–Kier alpha value is -0.540. The highest BCUT2D eigenvalue weighted by atomic mass is 35.5. The molecule has 0 aromatic carbocycles. The largest absolute Gasteiger partial charge is 0.401 e. The van der Waals surface area contributed by atoms with E-state index in [1.54, 1.807) is 14.0 Å². The molecule has 3 nitrogen and oxygen atoms in total. The summed E-state index contributed by atoms with van der Waals surface area (Å²) in [6, 6.07) is 0. The minimum Gasteiger partial charge on any atom is -0.401 e. The molecule has 0 atom stereocenters. The summed E-state index contributed by atoms with van der Waals surface area (Å²) in [7, 11) is 5.63. The molecule has 0 radical (unpaired) electrons. The number of halogens is 1. The van der Waals surface area contributed by atoms with Gasteiger partial charge in [0.25, 0.3) is 0 Å². The summed E-state index contributed by atoms with van der Waals surface area (Å²) in [5.74, 6) is 0. The maximum atomic E-state index is 5.92. The second-order valence-corrected chi connectivity index (χ2v) is 3.28. The molecule has 2 N–H and O–H groups in total. The first-order valence-electron chi connectivity index (χ1n) is 3.71. The van der Waals surface area contributed by atoms with Crippen LogP contribution in [0, 0.1) is 0 Å². The maximum Gasteiger partial charge on any atom is 0.0813 e. The molecule has 0 rings (SSSR count). The van der Waals surface area contributed by atoms with E-state index >= 15 is 0 Å². The molecule has 0 unspecified atom stereocenters. The molecule has 12 heavy (non-hydrogen) atoms. The molecule has 0 aliphatic carbocycles. The minimum atomic E-state index is 0.561. The summed E-state index contributed by atoms with van der Waals surface area (Å²) in [4.78, 5) is 6.05. The number of rotatable bonds is 3. The summed E-state index contributed by atoms with van der Waals surface area (Å²) in [6.07, 6.45) is 0. The maximum absolute atomic E-state index is 5.92. The normalized spacial score (nSPS) is 15.0. The van der Waals surface area contributed by atoms with Crippen LogP contribution in [0.5, 0.6) is 0 Å². The molecule has 0 bridgehead atoms. The molecular formula is C8H16ClN3. The van der Waals surface area contributed by atoms with Gasteiger partial charge in [-0.3, -0.25) is 4.99 Å². The molecule has 70 valence electrons. The molecule has 4 heteroatoms. The SMILES string of the molecule is CN=C(CN(C)C)C(Cl)=C(C)N. The Kier molecular flexibility index (Phi) is 4.93. The fourth-order valence-electron chi connectivity index (χ4n) is 0.765. The molecule has 0 amide bonds. The van der Waals surface area contributed by atoms with Crippen molar-refractivity contribution in [2.45, 2.75) is 6.92 Å². The van der Waals surface area contributed by atoms with Crippen molar-refractivity contribution in [2.24, 2.45) is 10.7 Å². The lowest BCUT2D eigenvalue weighted by atomic mass is 10.3. The predicted molar refractivity (Wildman–Crippen MR) is 54.7 cm³/mol. The number of hydrogen-bond donors (Lipinski definition) is 1. The van der Waals surface area contributed by atoms with Crippen LogP contribution >= 0.6 is 11.6 Å². The van der Waals surface area contributed by atoms with Crippen LogP contribution in [0.1, 0.15) is 6.92 Å². The van der Waals surface area contributed by atoms with E-state index < -0.39 is 0 Å². The van der Waals surface area contributed by atoms with Gasteiger partial charge in [0.1, 0.15) is 0 Å². The van der Waals surface area contributed by atoms with E-state index in [0.717, 1.165) is 5.71 Å². The van der Waals surface area contributed by atoms with Gasteiger partial charge in [-0.15, -0.1) is 0 Å². The zero-order valence-electron chi connectivity index (χ0n) is 8.06. The van der Waals surface area contributed by atoms with Gasteiger partial charge in [-0.25, -0.2) is 0 Å². The van der Waals surface area contributed by atoms with Crippen molar-refractivity contribution in [2.75, 3.05) is 27.7 Å². The van der Waals surface area contributed by atoms with Gasteiger partial charge in [0, 0.05) is 19.3 Å². The second-order valence-electron chi connectivity index (χ2n) is 2.91. The van der Waals surface area contributed by atoms with Gasteiger partial charge < -0.3 is 10.6 Å². The first-order chi connectivity index (χ1) is 5.49. The lowest BCUT2D eigenvalue weighted by Crippen LogP contribution is -2.23. The monoisotopic (exact) mass is 189 g/mol. The molecule has 0 heterocycles. The number of allylic oxidation sites excluding steroid dienone is 1. The van der Waals surface area contributed by atoms with Crippen molar-refractivity contribution in [3.63, 3.8) is 0 Å². The quantitative estimate of drug-likeness (QED) is 0.675. The Labute approximate surface area is 78.9 Å². The van der Waals surface area contributed by atoms with Crippen LogP contribution < -0.4 is 5.73 Å². The lowest BCUT2D eigenvalue weighted by Gasteiger charge is -2.11. The third-order valence-electron chi connectivity index (χ3n) is 1.34. The van der Waals surface area contributed by atoms with Crippen LogP contribution in [0.15, 0.2) is 15.7 Å². The van der Waals surface area contributed by atoms with Crippen LogP contribution in [0.2, 0.25) is 0 Å². The topological polar surface area (TPSA) is 41.6 Å². The molecule has 0 aliphatic heterocycles. The average Bonchev–Trinajstić information content (AvgIpc) is 1.98. The highest BCUT2D eigenvalue weighted by Crippen LogP contribution is 2.08. The summed E-state index contributed by atoms with van der Waals surface area (Å²) >= 11 is 5.92. The van der Waals surface area contributed by atoms with Gasteiger partial charge in [-0.2, -0.15) is 0 Å². The zero-order chi connectivity index (χ0) is 9.72. The first-order valence-corrected chi connectivity index (χ1v) is 4.09. The standard InChI is InChI=1S/C8H16ClN3/c1-6(10)8(9)7(11-2)5-12(3)4/h5,10H2,1-4H3. The third-order valence-corrected chi connectivity index (χ3v) is 1.85. The van der Waals surface area contributed by atoms with Crippen molar-refractivity contribution in [1.82, 2.24) is 4.90 Å². The highest BCUT2D eigenvalue weighted by molar-refractivity contribution is 6.44. The second kappa shape index (κ2) is 5.17. The highest BCUT2D eigenvalue weighted by Gasteiger charge is 2.06. The Morgan fingerprint density at radius 3 is 2.25 bits per heavy atom. The fourth-order valence-corrected chi connectivity index (χ4v) is 0.910. The third kappa shape index (κ3) is 3.74. The van der Waals surface area contributed by atoms with E-state index in [4.69, 9.17) is 17.3 Å². The molecule has 0 aliphatic rings. The van der Waals surface area contributed by atoms with Gasteiger partial charge in [-0.05, 0) is 21.0 Å². The van der Waals surface area contributed by atoms with E-state index in [1.807, 2.05) is 19.0 Å². The van der Waals surface area contributed by atoms with Crippen LogP contribution in [-0.4, -0.2) is 38.3 Å². The predicted octanol–water partition coefficient (Wildman–Crippen LogP) is 1.05. The molecule has 0 saturated carbocycles. The number of nitrogens with two attached hydrogens (primary N) is 1. The molecule has 0 spiro atoms. The molecule has 0 fully saturated rings.